The van der Waals surface area contributed by atoms with Crippen LogP contribution in [0.15, 0.2) is 77.9 Å². The molecule has 3 aromatic carbocycles. The summed E-state index contributed by atoms with van der Waals surface area (Å²) in [5.74, 6) is -0.190. The van der Waals surface area contributed by atoms with Crippen molar-refractivity contribution < 1.29 is 4.79 Å². The van der Waals surface area contributed by atoms with Gasteiger partial charge in [-0.3, -0.25) is 10.1 Å². The lowest BCUT2D eigenvalue weighted by Crippen LogP contribution is -2.48. The van der Waals surface area contributed by atoms with Gasteiger partial charge in [0.05, 0.1) is 18.3 Å². The van der Waals surface area contributed by atoms with Crippen molar-refractivity contribution in [1.82, 2.24) is 15.7 Å². The lowest BCUT2D eigenvalue weighted by atomic mass is 9.90. The number of rotatable bonds is 4. The molecule has 2 heterocycles. The number of benzene rings is 3. The van der Waals surface area contributed by atoms with E-state index >= 15 is 0 Å². The molecule has 0 saturated carbocycles. The number of para-hydroxylation sites is 1. The summed E-state index contributed by atoms with van der Waals surface area (Å²) in [7, 11) is 0. The Hall–Kier alpha value is -3.12. The first kappa shape index (κ1) is 20.8. The second-order valence-electron chi connectivity index (χ2n) is 7.76. The van der Waals surface area contributed by atoms with Crippen LogP contribution in [0.4, 0.5) is 0 Å². The summed E-state index contributed by atoms with van der Waals surface area (Å²) >= 11 is 12.0. The number of halogens is 2. The van der Waals surface area contributed by atoms with E-state index in [4.69, 9.17) is 23.2 Å². The number of hydrazone groups is 1. The smallest absolute Gasteiger partial charge is 0.257 e. The standard InChI is InChI=1S/C25H20Cl2N4O/c26-17-9-5-15(6-10-17)14-28-31-25(32)22-13-20-19-3-1-2-4-21(19)29-24(20)23(30-22)16-7-11-18(27)12-8-16/h1-12,14,22-23,29-30H,13H2,(H,31,32)/b28-14+. The molecule has 3 N–H and O–H groups in total. The SMILES string of the molecule is O=C(N/N=C/c1ccc(Cl)cc1)C1Cc2c([nH]c3ccccc23)C(c2ccc(Cl)cc2)N1. The maximum Gasteiger partial charge on any atom is 0.257 e. The summed E-state index contributed by atoms with van der Waals surface area (Å²) in [6.07, 6.45) is 2.16. The molecule has 1 amide bonds. The molecule has 0 radical (unpaired) electrons. The average Bonchev–Trinajstić information content (AvgIpc) is 3.19. The number of H-pyrrole nitrogens is 1. The van der Waals surface area contributed by atoms with Gasteiger partial charge in [-0.05, 0) is 53.4 Å². The molecule has 5 nitrogen and oxygen atoms in total. The van der Waals surface area contributed by atoms with Crippen LogP contribution in [-0.4, -0.2) is 23.1 Å². The number of nitrogens with one attached hydrogen (secondary N) is 3. The van der Waals surface area contributed by atoms with Crippen molar-refractivity contribution in [2.75, 3.05) is 0 Å². The summed E-state index contributed by atoms with van der Waals surface area (Å²) in [6, 6.07) is 22.5. The number of hydrogen-bond donors (Lipinski definition) is 3. The van der Waals surface area contributed by atoms with E-state index in [1.54, 1.807) is 18.3 Å². The van der Waals surface area contributed by atoms with Crippen LogP contribution in [0, 0.1) is 0 Å². The summed E-state index contributed by atoms with van der Waals surface area (Å²) in [4.78, 5) is 16.5. The fraction of sp³-hybridized carbons (Fsp3) is 0.120. The molecule has 32 heavy (non-hydrogen) atoms. The zero-order chi connectivity index (χ0) is 22.1. The maximum atomic E-state index is 13.0. The first-order valence-electron chi connectivity index (χ1n) is 10.3. The van der Waals surface area contributed by atoms with Gasteiger partial charge in [-0.1, -0.05) is 65.7 Å². The highest BCUT2D eigenvalue weighted by atomic mass is 35.5. The number of nitrogens with zero attached hydrogens (tertiary/aromatic N) is 1. The molecule has 1 aliphatic rings. The molecule has 1 aromatic heterocycles. The van der Waals surface area contributed by atoms with Crippen LogP contribution < -0.4 is 10.7 Å². The Morgan fingerprint density at radius 2 is 1.66 bits per heavy atom. The molecule has 160 valence electrons. The minimum atomic E-state index is -0.440. The number of amides is 1. The van der Waals surface area contributed by atoms with Crippen molar-refractivity contribution in [3.05, 3.63) is 105 Å². The lowest BCUT2D eigenvalue weighted by molar-refractivity contribution is -0.123. The molecule has 0 bridgehead atoms. The van der Waals surface area contributed by atoms with E-state index in [0.29, 0.717) is 16.5 Å². The van der Waals surface area contributed by atoms with Crippen molar-refractivity contribution in [2.24, 2.45) is 5.10 Å². The maximum absolute atomic E-state index is 13.0. The van der Waals surface area contributed by atoms with Gasteiger partial charge in [-0.25, -0.2) is 5.43 Å². The predicted molar refractivity (Wildman–Crippen MR) is 129 cm³/mol. The lowest BCUT2D eigenvalue weighted by Gasteiger charge is -2.30. The molecule has 2 atom stereocenters. The highest BCUT2D eigenvalue weighted by molar-refractivity contribution is 6.30. The molecule has 0 aliphatic carbocycles. The highest BCUT2D eigenvalue weighted by Gasteiger charge is 2.33. The monoisotopic (exact) mass is 462 g/mol. The van der Waals surface area contributed by atoms with Crippen molar-refractivity contribution in [1.29, 1.82) is 0 Å². The van der Waals surface area contributed by atoms with Crippen LogP contribution in [0.3, 0.4) is 0 Å². The predicted octanol–water partition coefficient (Wildman–Crippen LogP) is 5.23. The average molecular weight is 463 g/mol. The van der Waals surface area contributed by atoms with E-state index < -0.39 is 6.04 Å². The Labute approximate surface area is 195 Å². The van der Waals surface area contributed by atoms with E-state index in [9.17, 15) is 4.79 Å². The molecule has 7 heteroatoms. The van der Waals surface area contributed by atoms with Gasteiger partial charge >= 0.3 is 0 Å². The molecule has 0 fully saturated rings. The number of aromatic amines is 1. The normalized spacial score (nSPS) is 18.1. The Morgan fingerprint density at radius 3 is 2.41 bits per heavy atom. The first-order valence-corrected chi connectivity index (χ1v) is 11.0. The fourth-order valence-corrected chi connectivity index (χ4v) is 4.37. The van der Waals surface area contributed by atoms with Gasteiger partial charge in [0.15, 0.2) is 0 Å². The highest BCUT2D eigenvalue weighted by Crippen LogP contribution is 2.35. The van der Waals surface area contributed by atoms with Crippen LogP contribution in [0.1, 0.15) is 28.4 Å². The van der Waals surface area contributed by atoms with E-state index in [2.05, 4.69) is 33.0 Å². The molecular formula is C25H20Cl2N4O. The van der Waals surface area contributed by atoms with Gasteiger partial charge < -0.3 is 4.98 Å². The van der Waals surface area contributed by atoms with Crippen molar-refractivity contribution in [3.63, 3.8) is 0 Å². The Morgan fingerprint density at radius 1 is 0.969 bits per heavy atom. The molecule has 1 aliphatic heterocycles. The molecule has 2 unspecified atom stereocenters. The second-order valence-corrected chi connectivity index (χ2v) is 8.63. The van der Waals surface area contributed by atoms with E-state index in [-0.39, 0.29) is 11.9 Å². The number of fused-ring (bicyclic) bond motifs is 3. The summed E-state index contributed by atoms with van der Waals surface area (Å²) < 4.78 is 0. The Bertz CT molecular complexity index is 1300. The molecular weight excluding hydrogens is 443 g/mol. The molecule has 4 aromatic rings. The number of carbonyl (C=O) groups excluding carboxylic acids is 1. The number of aromatic nitrogens is 1. The van der Waals surface area contributed by atoms with Gasteiger partial charge in [0.25, 0.3) is 5.91 Å². The van der Waals surface area contributed by atoms with Crippen molar-refractivity contribution in [2.45, 2.75) is 18.5 Å². The minimum absolute atomic E-state index is 0.167. The number of hydrogen-bond acceptors (Lipinski definition) is 3. The van der Waals surface area contributed by atoms with Gasteiger partial charge in [0.2, 0.25) is 0 Å². The van der Waals surface area contributed by atoms with Crippen LogP contribution in [-0.2, 0) is 11.2 Å². The third-order valence-electron chi connectivity index (χ3n) is 5.69. The summed E-state index contributed by atoms with van der Waals surface area (Å²) in [6.45, 7) is 0. The minimum Gasteiger partial charge on any atom is -0.357 e. The fourth-order valence-electron chi connectivity index (χ4n) is 4.12. The topological polar surface area (TPSA) is 69.3 Å². The van der Waals surface area contributed by atoms with Gasteiger partial charge in [0.1, 0.15) is 0 Å². The quantitative estimate of drug-likeness (QED) is 0.287. The van der Waals surface area contributed by atoms with Crippen LogP contribution in [0.25, 0.3) is 10.9 Å². The summed E-state index contributed by atoms with van der Waals surface area (Å²) in [5.41, 5.74) is 7.82. The van der Waals surface area contributed by atoms with Gasteiger partial charge in [-0.2, -0.15) is 5.10 Å². The van der Waals surface area contributed by atoms with Crippen LogP contribution >= 0.6 is 23.2 Å². The van der Waals surface area contributed by atoms with Gasteiger partial charge in [-0.15, -0.1) is 0 Å². The van der Waals surface area contributed by atoms with Crippen LogP contribution in [0.5, 0.6) is 0 Å². The largest absolute Gasteiger partial charge is 0.357 e. The third-order valence-corrected chi connectivity index (χ3v) is 6.19. The first-order chi connectivity index (χ1) is 15.6. The Kier molecular flexibility index (Phi) is 5.70. The van der Waals surface area contributed by atoms with E-state index in [1.165, 1.54) is 0 Å². The zero-order valence-electron chi connectivity index (χ0n) is 17.0. The zero-order valence-corrected chi connectivity index (χ0v) is 18.5. The molecule has 0 spiro atoms. The summed E-state index contributed by atoms with van der Waals surface area (Å²) in [5, 5.41) is 10.1. The van der Waals surface area contributed by atoms with Crippen LogP contribution in [0.2, 0.25) is 10.0 Å². The molecule has 5 rings (SSSR count). The number of carbonyl (C=O) groups is 1. The van der Waals surface area contributed by atoms with Gasteiger partial charge in [0, 0.05) is 26.6 Å². The second kappa shape index (κ2) is 8.79. The van der Waals surface area contributed by atoms with Crippen molar-refractivity contribution >= 4 is 46.2 Å². The molecule has 0 saturated heterocycles. The van der Waals surface area contributed by atoms with Crippen molar-refractivity contribution in [3.8, 4) is 0 Å². The van der Waals surface area contributed by atoms with E-state index in [0.717, 1.165) is 33.3 Å². The van der Waals surface area contributed by atoms with E-state index in [1.807, 2.05) is 48.5 Å². The Balaban J connectivity index is 1.43. The third kappa shape index (κ3) is 4.15.